The molecule has 1 amide bonds. The molecule has 1 saturated carbocycles. The molecule has 1 aromatic heterocycles. The second-order valence-electron chi connectivity index (χ2n) is 5.71. The Balaban J connectivity index is 2.00. The normalized spacial score (nSPS) is 18.0. The number of likely N-dealkylation sites (N-methyl/N-ethyl adjacent to an activating group) is 1. The van der Waals surface area contributed by atoms with E-state index < -0.39 is 5.95 Å². The number of pyridine rings is 1. The van der Waals surface area contributed by atoms with Gasteiger partial charge in [-0.15, -0.1) is 0 Å². The number of amides is 1. The second kappa shape index (κ2) is 6.31. The summed E-state index contributed by atoms with van der Waals surface area (Å²) in [6.07, 6.45) is 5.79. The Morgan fingerprint density at radius 1 is 1.35 bits per heavy atom. The molecular weight excluding hydrogens is 257 g/mol. The summed E-state index contributed by atoms with van der Waals surface area (Å²) in [7, 11) is 4.11. The van der Waals surface area contributed by atoms with Crippen molar-refractivity contribution >= 4 is 5.91 Å². The third-order valence-electron chi connectivity index (χ3n) is 4.26. The zero-order valence-corrected chi connectivity index (χ0v) is 12.2. The molecule has 0 aliphatic heterocycles. The molecule has 1 aromatic rings. The minimum absolute atomic E-state index is 0.0151. The smallest absolute Gasteiger partial charge is 0.270 e. The average molecular weight is 279 g/mol. The van der Waals surface area contributed by atoms with Gasteiger partial charge in [-0.2, -0.15) is 4.39 Å². The maximum atomic E-state index is 13.0. The van der Waals surface area contributed by atoms with Gasteiger partial charge in [-0.1, -0.05) is 25.3 Å². The molecule has 0 aromatic carbocycles. The van der Waals surface area contributed by atoms with E-state index in [0.717, 1.165) is 12.8 Å². The van der Waals surface area contributed by atoms with Crippen LogP contribution in [0, 0.1) is 5.95 Å². The summed E-state index contributed by atoms with van der Waals surface area (Å²) in [5.74, 6) is -0.936. The summed E-state index contributed by atoms with van der Waals surface area (Å²) in [6, 6.07) is 4.26. The summed E-state index contributed by atoms with van der Waals surface area (Å²) >= 11 is 0. The van der Waals surface area contributed by atoms with Crippen molar-refractivity contribution in [1.82, 2.24) is 15.2 Å². The first kappa shape index (κ1) is 14.9. The molecule has 5 heteroatoms. The molecular formula is C15H22FN3O. The van der Waals surface area contributed by atoms with E-state index in [1.165, 1.54) is 37.5 Å². The molecule has 0 radical (unpaired) electrons. The van der Waals surface area contributed by atoms with Crippen LogP contribution in [0.5, 0.6) is 0 Å². The van der Waals surface area contributed by atoms with Crippen molar-refractivity contribution in [3.63, 3.8) is 0 Å². The maximum Gasteiger partial charge on any atom is 0.270 e. The summed E-state index contributed by atoms with van der Waals surface area (Å²) in [4.78, 5) is 17.9. The van der Waals surface area contributed by atoms with Crippen LogP contribution in [0.2, 0.25) is 0 Å². The van der Waals surface area contributed by atoms with Gasteiger partial charge < -0.3 is 10.2 Å². The van der Waals surface area contributed by atoms with Crippen molar-refractivity contribution in [2.75, 3.05) is 20.6 Å². The van der Waals surface area contributed by atoms with Gasteiger partial charge in [0.05, 0.1) is 0 Å². The quantitative estimate of drug-likeness (QED) is 0.860. The van der Waals surface area contributed by atoms with Crippen LogP contribution in [0.15, 0.2) is 18.2 Å². The van der Waals surface area contributed by atoms with Gasteiger partial charge in [-0.25, -0.2) is 4.98 Å². The topological polar surface area (TPSA) is 45.2 Å². The van der Waals surface area contributed by atoms with Crippen molar-refractivity contribution in [3.05, 3.63) is 29.8 Å². The highest BCUT2D eigenvalue weighted by Crippen LogP contribution is 2.31. The van der Waals surface area contributed by atoms with Gasteiger partial charge >= 0.3 is 0 Å². The second-order valence-corrected chi connectivity index (χ2v) is 5.71. The fraction of sp³-hybridized carbons (Fsp3) is 0.600. The van der Waals surface area contributed by atoms with Crippen molar-refractivity contribution in [2.45, 2.75) is 37.6 Å². The summed E-state index contributed by atoms with van der Waals surface area (Å²) in [5.41, 5.74) is 0.149. The van der Waals surface area contributed by atoms with E-state index >= 15 is 0 Å². The lowest BCUT2D eigenvalue weighted by Gasteiger charge is -2.43. The molecule has 0 unspecified atom stereocenters. The predicted molar refractivity (Wildman–Crippen MR) is 76.0 cm³/mol. The number of carbonyl (C=O) groups excluding carboxylic acids is 1. The van der Waals surface area contributed by atoms with Crippen LogP contribution in [-0.2, 0) is 0 Å². The van der Waals surface area contributed by atoms with Crippen molar-refractivity contribution in [3.8, 4) is 0 Å². The van der Waals surface area contributed by atoms with Gasteiger partial charge in [0.25, 0.3) is 5.91 Å². The number of rotatable bonds is 4. The van der Waals surface area contributed by atoms with E-state index in [1.54, 1.807) is 0 Å². The van der Waals surface area contributed by atoms with E-state index in [2.05, 4.69) is 29.3 Å². The minimum atomic E-state index is -0.627. The van der Waals surface area contributed by atoms with Crippen LogP contribution in [0.1, 0.15) is 42.6 Å². The van der Waals surface area contributed by atoms with Gasteiger partial charge in [0.15, 0.2) is 0 Å². The van der Waals surface area contributed by atoms with Gasteiger partial charge in [0, 0.05) is 12.1 Å². The molecule has 0 saturated heterocycles. The predicted octanol–water partition coefficient (Wildman–Crippen LogP) is 2.21. The van der Waals surface area contributed by atoms with E-state index in [9.17, 15) is 9.18 Å². The van der Waals surface area contributed by atoms with Crippen LogP contribution in [0.25, 0.3) is 0 Å². The molecule has 0 bridgehead atoms. The molecule has 4 nitrogen and oxygen atoms in total. The van der Waals surface area contributed by atoms with E-state index in [-0.39, 0.29) is 17.1 Å². The highest BCUT2D eigenvalue weighted by atomic mass is 19.1. The minimum Gasteiger partial charge on any atom is -0.349 e. The summed E-state index contributed by atoms with van der Waals surface area (Å²) in [5, 5.41) is 2.91. The van der Waals surface area contributed by atoms with Crippen LogP contribution in [-0.4, -0.2) is 42.0 Å². The molecule has 0 atom stereocenters. The van der Waals surface area contributed by atoms with Crippen LogP contribution >= 0.6 is 0 Å². The zero-order valence-electron chi connectivity index (χ0n) is 12.2. The first-order valence-corrected chi connectivity index (χ1v) is 7.12. The molecule has 1 fully saturated rings. The molecule has 110 valence electrons. The first-order chi connectivity index (χ1) is 9.53. The monoisotopic (exact) mass is 279 g/mol. The number of hydrogen-bond acceptors (Lipinski definition) is 3. The summed E-state index contributed by atoms with van der Waals surface area (Å²) in [6.45, 7) is 0.580. The van der Waals surface area contributed by atoms with Crippen molar-refractivity contribution in [1.29, 1.82) is 0 Å². The van der Waals surface area contributed by atoms with Crippen LogP contribution < -0.4 is 5.32 Å². The lowest BCUT2D eigenvalue weighted by atomic mass is 9.80. The van der Waals surface area contributed by atoms with E-state index in [1.807, 2.05) is 0 Å². The standard InChI is InChI=1S/C15H22FN3O/c1-19(2)15(9-4-3-5-10-15)11-17-14(20)12-7-6-8-13(16)18-12/h6-8H,3-5,9-11H2,1-2H3,(H,17,20). The Labute approximate surface area is 119 Å². The van der Waals surface area contributed by atoms with Gasteiger partial charge in [0.2, 0.25) is 5.95 Å². The SMILES string of the molecule is CN(C)C1(CNC(=O)c2cccc(F)n2)CCCCC1. The number of halogens is 1. The average Bonchev–Trinajstić information content (AvgIpc) is 2.45. The number of nitrogens with one attached hydrogen (secondary N) is 1. The van der Waals surface area contributed by atoms with Gasteiger partial charge in [-0.05, 0) is 39.1 Å². The Hall–Kier alpha value is -1.49. The molecule has 1 aliphatic rings. The van der Waals surface area contributed by atoms with Gasteiger partial charge in [0.1, 0.15) is 5.69 Å². The number of hydrogen-bond donors (Lipinski definition) is 1. The lowest BCUT2D eigenvalue weighted by Crippen LogP contribution is -2.53. The fourth-order valence-electron chi connectivity index (χ4n) is 2.86. The fourth-order valence-corrected chi connectivity index (χ4v) is 2.86. The number of carbonyl (C=O) groups is 1. The Bertz CT molecular complexity index is 470. The first-order valence-electron chi connectivity index (χ1n) is 7.12. The molecule has 1 aliphatic carbocycles. The molecule has 0 spiro atoms. The Kier molecular flexibility index (Phi) is 4.70. The largest absolute Gasteiger partial charge is 0.349 e. The lowest BCUT2D eigenvalue weighted by molar-refractivity contribution is 0.0795. The molecule has 1 N–H and O–H groups in total. The molecule has 20 heavy (non-hydrogen) atoms. The zero-order chi connectivity index (χ0) is 14.6. The Morgan fingerprint density at radius 3 is 2.65 bits per heavy atom. The van der Waals surface area contributed by atoms with Crippen LogP contribution in [0.4, 0.5) is 4.39 Å². The summed E-state index contributed by atoms with van der Waals surface area (Å²) < 4.78 is 13.0. The highest BCUT2D eigenvalue weighted by molar-refractivity contribution is 5.92. The third-order valence-corrected chi connectivity index (χ3v) is 4.26. The van der Waals surface area contributed by atoms with Crippen LogP contribution in [0.3, 0.4) is 0 Å². The van der Waals surface area contributed by atoms with E-state index in [4.69, 9.17) is 0 Å². The Morgan fingerprint density at radius 2 is 2.05 bits per heavy atom. The van der Waals surface area contributed by atoms with E-state index in [0.29, 0.717) is 6.54 Å². The van der Waals surface area contributed by atoms with Crippen molar-refractivity contribution < 1.29 is 9.18 Å². The molecule has 2 rings (SSSR count). The highest BCUT2D eigenvalue weighted by Gasteiger charge is 2.34. The maximum absolute atomic E-state index is 13.0. The van der Waals surface area contributed by atoms with Gasteiger partial charge in [-0.3, -0.25) is 4.79 Å². The number of nitrogens with zero attached hydrogens (tertiary/aromatic N) is 2. The molecule has 1 heterocycles. The number of aromatic nitrogens is 1. The van der Waals surface area contributed by atoms with Crippen molar-refractivity contribution in [2.24, 2.45) is 0 Å². The third kappa shape index (κ3) is 3.33.